The molecule has 0 unspecified atom stereocenters. The van der Waals surface area contributed by atoms with Gasteiger partial charge in [-0.05, 0) is 18.2 Å². The largest absolute Gasteiger partial charge is 0.508 e. The Labute approximate surface area is 165 Å². The van der Waals surface area contributed by atoms with Gasteiger partial charge in [-0.1, -0.05) is 29.3 Å². The molecule has 2 aliphatic heterocycles. The summed E-state index contributed by atoms with van der Waals surface area (Å²) in [6.45, 7) is 0.782. The highest BCUT2D eigenvalue weighted by Crippen LogP contribution is 2.42. The molecule has 1 saturated heterocycles. The molecule has 7 nitrogen and oxygen atoms in total. The maximum absolute atomic E-state index is 12.7. The van der Waals surface area contributed by atoms with Crippen LogP contribution in [-0.2, 0) is 11.4 Å². The van der Waals surface area contributed by atoms with Gasteiger partial charge in [0.2, 0.25) is 5.91 Å². The fourth-order valence-corrected chi connectivity index (χ4v) is 3.94. The number of rotatable bonds is 3. The number of hydrogen-bond acceptors (Lipinski definition) is 6. The first-order chi connectivity index (χ1) is 13.0. The van der Waals surface area contributed by atoms with Crippen molar-refractivity contribution in [1.29, 1.82) is 0 Å². The molecule has 4 rings (SSSR count). The van der Waals surface area contributed by atoms with Crippen LogP contribution in [0.4, 0.5) is 5.82 Å². The topological polar surface area (TPSA) is 89.8 Å². The second kappa shape index (κ2) is 6.99. The van der Waals surface area contributed by atoms with E-state index < -0.39 is 0 Å². The monoisotopic (exact) mass is 406 g/mol. The van der Waals surface area contributed by atoms with E-state index in [4.69, 9.17) is 23.2 Å². The number of phenols is 1. The molecule has 1 aromatic carbocycles. The summed E-state index contributed by atoms with van der Waals surface area (Å²) >= 11 is 12.4. The van der Waals surface area contributed by atoms with Crippen LogP contribution >= 0.6 is 23.2 Å². The van der Waals surface area contributed by atoms with Crippen molar-refractivity contribution in [2.45, 2.75) is 12.5 Å². The summed E-state index contributed by atoms with van der Waals surface area (Å²) in [5.74, 6) is 0.621. The first kappa shape index (κ1) is 18.0. The predicted octanol–water partition coefficient (Wildman–Crippen LogP) is 2.31. The van der Waals surface area contributed by atoms with Crippen molar-refractivity contribution in [3.8, 4) is 5.75 Å². The van der Waals surface area contributed by atoms with Crippen LogP contribution in [0.5, 0.6) is 5.75 Å². The molecule has 2 N–H and O–H groups in total. The summed E-state index contributed by atoms with van der Waals surface area (Å²) in [5.41, 5.74) is 1.34. The van der Waals surface area contributed by atoms with Crippen LogP contribution in [0, 0.1) is 0 Å². The highest BCUT2D eigenvalue weighted by atomic mass is 35.5. The van der Waals surface area contributed by atoms with Crippen molar-refractivity contribution >= 4 is 34.9 Å². The van der Waals surface area contributed by atoms with Gasteiger partial charge in [-0.15, -0.1) is 0 Å². The van der Waals surface area contributed by atoms with Crippen molar-refractivity contribution in [1.82, 2.24) is 14.9 Å². The summed E-state index contributed by atoms with van der Waals surface area (Å²) < 4.78 is 0. The second-order valence-electron chi connectivity index (χ2n) is 6.41. The molecular weight excluding hydrogens is 391 g/mol. The molecule has 1 amide bonds. The number of carbonyl (C=O) groups is 1. The number of halogens is 2. The minimum Gasteiger partial charge on any atom is -0.508 e. The zero-order valence-electron chi connectivity index (χ0n) is 14.1. The van der Waals surface area contributed by atoms with Gasteiger partial charge >= 0.3 is 0 Å². The fraction of sp³-hybridized carbons (Fsp3) is 0.278. The molecule has 0 radical (unpaired) electrons. The van der Waals surface area contributed by atoms with E-state index >= 15 is 0 Å². The van der Waals surface area contributed by atoms with Gasteiger partial charge in [-0.3, -0.25) is 4.79 Å². The maximum atomic E-state index is 12.7. The molecule has 0 aliphatic carbocycles. The van der Waals surface area contributed by atoms with Crippen molar-refractivity contribution < 1.29 is 15.0 Å². The third-order valence-electron chi connectivity index (χ3n) is 4.74. The van der Waals surface area contributed by atoms with Crippen LogP contribution in [-0.4, -0.2) is 50.6 Å². The lowest BCUT2D eigenvalue weighted by molar-refractivity contribution is -0.128. The predicted molar refractivity (Wildman–Crippen MR) is 101 cm³/mol. The maximum Gasteiger partial charge on any atom is 0.246 e. The average Bonchev–Trinajstić information content (AvgIpc) is 3.09. The highest BCUT2D eigenvalue weighted by Gasteiger charge is 2.36. The minimum absolute atomic E-state index is 0.0544. The minimum atomic E-state index is -0.265. The van der Waals surface area contributed by atoms with Gasteiger partial charge < -0.3 is 20.0 Å². The normalized spacial score (nSPS) is 19.3. The number of aliphatic hydroxyl groups excluding tert-OH is 1. The molecule has 0 bridgehead atoms. The van der Waals surface area contributed by atoms with Crippen LogP contribution in [0.3, 0.4) is 0 Å². The van der Waals surface area contributed by atoms with Crippen molar-refractivity contribution in [2.24, 2.45) is 0 Å². The number of amides is 1. The van der Waals surface area contributed by atoms with E-state index in [0.717, 1.165) is 5.70 Å². The molecule has 27 heavy (non-hydrogen) atoms. The number of phenolic OH excluding ortho intramolecular Hbond substituents is 1. The number of aromatic hydroxyl groups is 1. The molecule has 0 spiro atoms. The van der Waals surface area contributed by atoms with E-state index in [2.05, 4.69) is 9.97 Å². The Morgan fingerprint density at radius 2 is 2.04 bits per heavy atom. The number of hydrogen-bond donors (Lipinski definition) is 2. The number of aliphatic hydroxyl groups is 1. The zero-order chi connectivity index (χ0) is 19.1. The molecule has 1 aromatic heterocycles. The molecular formula is C18H16Cl2N4O3. The van der Waals surface area contributed by atoms with Gasteiger partial charge in [0, 0.05) is 29.9 Å². The molecule has 0 saturated carbocycles. The van der Waals surface area contributed by atoms with Crippen LogP contribution in [0.2, 0.25) is 10.0 Å². The molecule has 9 heteroatoms. The Hall–Kier alpha value is -2.35. The molecule has 140 valence electrons. The van der Waals surface area contributed by atoms with E-state index in [1.807, 2.05) is 11.0 Å². The standard InChI is InChI=1S/C18H16Cl2N4O3/c19-12-1-2-13(26)17(18(12)20)10-5-11-7-23(8-16(27)24(11)6-10)15-3-4-21-14(9-25)22-15/h1-5,10,25-26H,6-9H2/t10-/m0/s1. The molecule has 1 fully saturated rings. The van der Waals surface area contributed by atoms with Gasteiger partial charge in [0.1, 0.15) is 18.2 Å². The third-order valence-corrected chi connectivity index (χ3v) is 5.56. The molecule has 3 heterocycles. The van der Waals surface area contributed by atoms with E-state index in [0.29, 0.717) is 40.3 Å². The van der Waals surface area contributed by atoms with Crippen LogP contribution in [0.15, 0.2) is 36.2 Å². The number of piperazine rings is 1. The number of nitrogens with zero attached hydrogens (tertiary/aromatic N) is 4. The van der Waals surface area contributed by atoms with E-state index in [1.165, 1.54) is 6.07 Å². The summed E-state index contributed by atoms with van der Waals surface area (Å²) in [4.78, 5) is 24.4. The van der Waals surface area contributed by atoms with Crippen molar-refractivity contribution in [3.63, 3.8) is 0 Å². The Balaban J connectivity index is 1.65. The summed E-state index contributed by atoms with van der Waals surface area (Å²) in [7, 11) is 0. The first-order valence-corrected chi connectivity index (χ1v) is 9.09. The Morgan fingerprint density at radius 1 is 1.22 bits per heavy atom. The van der Waals surface area contributed by atoms with Gasteiger partial charge in [0.25, 0.3) is 0 Å². The Morgan fingerprint density at radius 3 is 2.81 bits per heavy atom. The SMILES string of the molecule is O=C1CN(c2ccnc(CO)n2)CC2=C[C@H](c3c(O)ccc(Cl)c3Cl)CN12. The van der Waals surface area contributed by atoms with E-state index in [1.54, 1.807) is 23.2 Å². The fourth-order valence-electron chi connectivity index (χ4n) is 3.48. The third kappa shape index (κ3) is 3.22. The number of fused-ring (bicyclic) bond motifs is 1. The van der Waals surface area contributed by atoms with Crippen molar-refractivity contribution in [3.05, 3.63) is 57.6 Å². The quantitative estimate of drug-likeness (QED) is 0.812. The highest BCUT2D eigenvalue weighted by molar-refractivity contribution is 6.42. The first-order valence-electron chi connectivity index (χ1n) is 8.33. The summed E-state index contributed by atoms with van der Waals surface area (Å²) in [6, 6.07) is 4.75. The Bertz CT molecular complexity index is 950. The van der Waals surface area contributed by atoms with E-state index in [-0.39, 0.29) is 30.7 Å². The lowest BCUT2D eigenvalue weighted by Crippen LogP contribution is -2.48. The number of benzene rings is 1. The van der Waals surface area contributed by atoms with Gasteiger partial charge in [-0.2, -0.15) is 0 Å². The van der Waals surface area contributed by atoms with Crippen LogP contribution in [0.1, 0.15) is 17.3 Å². The summed E-state index contributed by atoms with van der Waals surface area (Å²) in [6.07, 6.45) is 3.48. The summed E-state index contributed by atoms with van der Waals surface area (Å²) in [5, 5.41) is 20.1. The molecule has 2 aromatic rings. The Kier molecular flexibility index (Phi) is 4.67. The number of carbonyl (C=O) groups excluding carboxylic acids is 1. The smallest absolute Gasteiger partial charge is 0.246 e. The van der Waals surface area contributed by atoms with Gasteiger partial charge in [0.05, 0.1) is 23.1 Å². The lowest BCUT2D eigenvalue weighted by atomic mass is 9.99. The van der Waals surface area contributed by atoms with Gasteiger partial charge in [0.15, 0.2) is 5.82 Å². The zero-order valence-corrected chi connectivity index (χ0v) is 15.7. The second-order valence-corrected chi connectivity index (χ2v) is 7.19. The molecule has 1 atom stereocenters. The average molecular weight is 407 g/mol. The van der Waals surface area contributed by atoms with Crippen molar-refractivity contribution in [2.75, 3.05) is 24.5 Å². The van der Waals surface area contributed by atoms with E-state index in [9.17, 15) is 15.0 Å². The van der Waals surface area contributed by atoms with Gasteiger partial charge in [-0.25, -0.2) is 9.97 Å². The van der Waals surface area contributed by atoms with Crippen LogP contribution in [0.25, 0.3) is 0 Å². The number of anilines is 1. The lowest BCUT2D eigenvalue weighted by Gasteiger charge is -2.34. The molecule has 2 aliphatic rings. The van der Waals surface area contributed by atoms with Crippen LogP contribution < -0.4 is 4.90 Å². The number of aromatic nitrogens is 2.